The van der Waals surface area contributed by atoms with Gasteiger partial charge in [-0.05, 0) is 201 Å². The monoisotopic (exact) mass is 1450 g/mol. The number of nitrogens with zero attached hydrogens (tertiary/aromatic N) is 4. The highest BCUT2D eigenvalue weighted by atomic mass is 35.5. The van der Waals surface area contributed by atoms with E-state index >= 15 is 9.59 Å². The summed E-state index contributed by atoms with van der Waals surface area (Å²) in [6.07, 6.45) is 25.8. The van der Waals surface area contributed by atoms with Crippen LogP contribution in [-0.2, 0) is 36.5 Å². The first-order valence-corrected chi connectivity index (χ1v) is 39.3. The average Bonchev–Trinajstić information content (AvgIpc) is 1.49. The number of ketones is 2. The summed E-state index contributed by atoms with van der Waals surface area (Å²) >= 11 is 29.8. The number of nitriles is 4. The Bertz CT molecular complexity index is 4650. The molecular formula is C90H78Cl4N4O2S2. The molecule has 2 aromatic heterocycles. The van der Waals surface area contributed by atoms with Gasteiger partial charge in [-0.15, -0.1) is 22.7 Å². The van der Waals surface area contributed by atoms with Crippen molar-refractivity contribution >= 4 is 104 Å². The first-order chi connectivity index (χ1) is 49.7. The number of rotatable bonds is 26. The molecule has 0 N–H and O–H groups in total. The third kappa shape index (κ3) is 13.0. The molecule has 0 saturated carbocycles. The van der Waals surface area contributed by atoms with E-state index in [1.54, 1.807) is 34.8 Å². The number of fused-ring (bicyclic) bond motifs is 8. The molecule has 7 aromatic carbocycles. The minimum Gasteiger partial charge on any atom is -0.289 e. The van der Waals surface area contributed by atoms with Crippen LogP contribution in [0.3, 0.4) is 0 Å². The summed E-state index contributed by atoms with van der Waals surface area (Å²) < 4.78 is 0. The van der Waals surface area contributed by atoms with E-state index in [9.17, 15) is 21.0 Å². The first-order valence-electron chi connectivity index (χ1n) is 36.2. The van der Waals surface area contributed by atoms with Gasteiger partial charge in [0.1, 0.15) is 35.4 Å². The molecule has 2 heterocycles. The van der Waals surface area contributed by atoms with Gasteiger partial charge in [0.05, 0.1) is 30.9 Å². The Morgan fingerprint density at radius 2 is 0.627 bits per heavy atom. The molecule has 0 amide bonds. The van der Waals surface area contributed by atoms with Gasteiger partial charge in [0.25, 0.3) is 0 Å². The van der Waals surface area contributed by atoms with Crippen LogP contribution >= 0.6 is 69.1 Å². The molecule has 0 fully saturated rings. The SMILES string of the molecule is CCCCCCc1ccc(C2(c3ccc(CCCCCC)cc3)c3cc4c(cc3-c3sc(/C=C5\C(=O)c6cc(Cl)c(Cl)cc6C5=C(C#N)C#N)cc32)C(c2ccc(CCCCCC)cc2)(c2ccc(CCCCCC)cc2)c2cc(/C=C3\C(=O)c5cc(Cl)c(Cl)cc5C3=C(C#N)C#N)sc2-4)cc1. The van der Waals surface area contributed by atoms with Crippen molar-refractivity contribution in [1.82, 2.24) is 0 Å². The maximum Gasteiger partial charge on any atom is 0.194 e. The molecule has 0 unspecified atom stereocenters. The van der Waals surface area contributed by atoms with E-state index in [1.807, 2.05) is 12.2 Å². The summed E-state index contributed by atoms with van der Waals surface area (Å²) in [5, 5.41) is 43.2. The van der Waals surface area contributed by atoms with Crippen molar-refractivity contribution in [3.05, 3.63) is 287 Å². The van der Waals surface area contributed by atoms with E-state index in [0.717, 1.165) is 178 Å². The fraction of sp³-hybridized carbons (Fsp3) is 0.289. The van der Waals surface area contributed by atoms with Gasteiger partial charge < -0.3 is 0 Å². The number of halogens is 4. The second kappa shape index (κ2) is 31.1. The van der Waals surface area contributed by atoms with Crippen molar-refractivity contribution in [2.75, 3.05) is 0 Å². The summed E-state index contributed by atoms with van der Waals surface area (Å²) in [5.74, 6) is -0.709. The molecule has 102 heavy (non-hydrogen) atoms. The van der Waals surface area contributed by atoms with E-state index < -0.39 is 10.8 Å². The molecule has 13 rings (SSSR count). The maximum absolute atomic E-state index is 15.0. The van der Waals surface area contributed by atoms with Gasteiger partial charge in [-0.3, -0.25) is 9.59 Å². The Kier molecular flexibility index (Phi) is 21.9. The van der Waals surface area contributed by atoms with Crippen molar-refractivity contribution < 1.29 is 9.59 Å². The third-order valence-corrected chi connectivity index (χ3v) is 25.0. The second-order valence-electron chi connectivity index (χ2n) is 27.6. The lowest BCUT2D eigenvalue weighted by Crippen LogP contribution is -2.30. The summed E-state index contributed by atoms with van der Waals surface area (Å²) in [4.78, 5) is 33.6. The maximum atomic E-state index is 15.0. The highest BCUT2D eigenvalue weighted by Gasteiger charge is 2.53. The topological polar surface area (TPSA) is 129 Å². The highest BCUT2D eigenvalue weighted by molar-refractivity contribution is 7.17. The second-order valence-corrected chi connectivity index (χ2v) is 31.4. The van der Waals surface area contributed by atoms with Gasteiger partial charge >= 0.3 is 0 Å². The molecule has 0 radical (unpaired) electrons. The Labute approximate surface area is 628 Å². The van der Waals surface area contributed by atoms with Gasteiger partial charge in [-0.2, -0.15) is 21.0 Å². The largest absolute Gasteiger partial charge is 0.289 e. The predicted molar refractivity (Wildman–Crippen MR) is 422 cm³/mol. The Hall–Kier alpha value is -8.64. The molecule has 510 valence electrons. The highest BCUT2D eigenvalue weighted by Crippen LogP contribution is 2.66. The third-order valence-electron chi connectivity index (χ3n) is 21.3. The Balaban J connectivity index is 1.12. The standard InChI is InChI=1S/C90H78Cl4N4O2S2/c1-5-9-13-17-21-55-25-33-61(34-26-55)89(62-35-27-56(28-36-62)22-18-14-10-6-2)75-45-72-76(46-71(75)87-77(89)43-65(101-87)41-73-83(59(51-95)52-96)67-47-79(91)81(93)49-69(67)85(73)99)90(63-37-29-57(30-38-63)23-19-15-11-7-3,64-39-31-58(32-40-64)24-20-16-12-8-4)78-44-66(102-88(72)78)42-74-84(60(53-97)54-98)68-48-80(92)82(94)50-70(68)86(74)100/h25-50H,5-24H2,1-4H3/b73-41-,74-42-. The summed E-state index contributed by atoms with van der Waals surface area (Å²) in [6, 6.07) is 61.0. The van der Waals surface area contributed by atoms with E-state index in [4.69, 9.17) is 46.4 Å². The lowest BCUT2D eigenvalue weighted by Gasteiger charge is -2.35. The Morgan fingerprint density at radius 1 is 0.353 bits per heavy atom. The molecule has 6 nitrogen and oxygen atoms in total. The molecule has 0 bridgehead atoms. The smallest absolute Gasteiger partial charge is 0.194 e. The van der Waals surface area contributed by atoms with Crippen LogP contribution in [-0.4, -0.2) is 11.6 Å². The predicted octanol–water partition coefficient (Wildman–Crippen LogP) is 25.8. The van der Waals surface area contributed by atoms with Crippen molar-refractivity contribution in [3.63, 3.8) is 0 Å². The number of Topliss-reactive ketones (excluding diaryl/α,β-unsaturated/α-hetero) is 2. The van der Waals surface area contributed by atoms with Crippen molar-refractivity contribution in [2.45, 2.75) is 167 Å². The summed E-state index contributed by atoms with van der Waals surface area (Å²) in [6.45, 7) is 8.96. The molecule has 0 aliphatic heterocycles. The van der Waals surface area contributed by atoms with Crippen LogP contribution in [0.15, 0.2) is 168 Å². The number of benzene rings is 7. The van der Waals surface area contributed by atoms with Gasteiger partial charge in [0, 0.05) is 52.9 Å². The fourth-order valence-corrected chi connectivity index (χ4v) is 19.2. The average molecular weight is 1450 g/mol. The number of hydrogen-bond acceptors (Lipinski definition) is 8. The minimum absolute atomic E-state index is 0.195. The first kappa shape index (κ1) is 71.7. The molecule has 4 aliphatic rings. The van der Waals surface area contributed by atoms with Crippen molar-refractivity contribution in [2.24, 2.45) is 0 Å². The van der Waals surface area contributed by atoms with E-state index in [1.165, 1.54) is 60.1 Å². The molecule has 4 aliphatic carbocycles. The quantitative estimate of drug-likeness (QED) is 0.0302. The van der Waals surface area contributed by atoms with E-state index in [2.05, 4.69) is 173 Å². The lowest BCUT2D eigenvalue weighted by molar-refractivity contribution is 0.103. The lowest BCUT2D eigenvalue weighted by atomic mass is 9.65. The van der Waals surface area contributed by atoms with Crippen LogP contribution in [0.4, 0.5) is 0 Å². The van der Waals surface area contributed by atoms with E-state index in [0.29, 0.717) is 11.1 Å². The van der Waals surface area contributed by atoms with Crippen LogP contribution in [0.5, 0.6) is 0 Å². The number of thiophene rings is 2. The van der Waals surface area contributed by atoms with Gasteiger partial charge in [0.15, 0.2) is 11.6 Å². The van der Waals surface area contributed by atoms with Gasteiger partial charge in [0.2, 0.25) is 0 Å². The van der Waals surface area contributed by atoms with E-state index in [-0.39, 0.29) is 76.2 Å². The summed E-state index contributed by atoms with van der Waals surface area (Å²) in [5.41, 5.74) is 15.6. The number of hydrogen-bond donors (Lipinski definition) is 0. The number of carbonyl (C=O) groups is 2. The van der Waals surface area contributed by atoms with Crippen LogP contribution < -0.4 is 0 Å². The zero-order chi connectivity index (χ0) is 71.4. The Morgan fingerprint density at radius 3 is 0.892 bits per heavy atom. The number of unbranched alkanes of at least 4 members (excludes halogenated alkanes) is 12. The molecule has 12 heteroatoms. The zero-order valence-corrected chi connectivity index (χ0v) is 62.7. The molecule has 9 aromatic rings. The number of allylic oxidation sites excluding steroid dienone is 6. The van der Waals surface area contributed by atoms with Crippen molar-refractivity contribution in [3.8, 4) is 45.2 Å². The van der Waals surface area contributed by atoms with Crippen molar-refractivity contribution in [1.29, 1.82) is 21.0 Å². The molecule has 0 saturated heterocycles. The normalized spacial score (nSPS) is 14.8. The number of carbonyl (C=O) groups excluding carboxylic acids is 2. The van der Waals surface area contributed by atoms with Crippen LogP contribution in [0.1, 0.15) is 239 Å². The fourth-order valence-electron chi connectivity index (χ4n) is 16.2. The van der Waals surface area contributed by atoms with Gasteiger partial charge in [-0.1, -0.05) is 248 Å². The van der Waals surface area contributed by atoms with Crippen LogP contribution in [0.25, 0.3) is 44.2 Å². The van der Waals surface area contributed by atoms with Gasteiger partial charge in [-0.25, -0.2) is 0 Å². The minimum atomic E-state index is -0.955. The summed E-state index contributed by atoms with van der Waals surface area (Å²) in [7, 11) is 0. The van der Waals surface area contributed by atoms with Crippen LogP contribution in [0, 0.1) is 45.3 Å². The number of aryl methyl sites for hydroxylation is 4. The zero-order valence-electron chi connectivity index (χ0n) is 58.1. The molecule has 0 atom stereocenters. The molecule has 0 spiro atoms. The van der Waals surface area contributed by atoms with Crippen LogP contribution in [0.2, 0.25) is 20.1 Å². The molecular weight excluding hydrogens is 1370 g/mol.